The second-order valence-electron chi connectivity index (χ2n) is 5.51. The van der Waals surface area contributed by atoms with E-state index < -0.39 is 11.9 Å². The zero-order valence-electron chi connectivity index (χ0n) is 12.7. The van der Waals surface area contributed by atoms with Crippen LogP contribution in [0.15, 0.2) is 18.2 Å². The van der Waals surface area contributed by atoms with Gasteiger partial charge in [-0.05, 0) is 31.9 Å². The van der Waals surface area contributed by atoms with Gasteiger partial charge in [0.1, 0.15) is 5.75 Å². The third-order valence-electron chi connectivity index (χ3n) is 4.25. The first-order valence-electron chi connectivity index (χ1n) is 7.29. The molecule has 1 amide bonds. The number of aliphatic carboxylic acids is 1. The molecule has 1 aromatic carbocycles. The minimum atomic E-state index is -0.847. The summed E-state index contributed by atoms with van der Waals surface area (Å²) in [6.07, 6.45) is 1.42. The summed E-state index contributed by atoms with van der Waals surface area (Å²) in [4.78, 5) is 25.5. The van der Waals surface area contributed by atoms with Crippen LogP contribution in [0.25, 0.3) is 0 Å². The summed E-state index contributed by atoms with van der Waals surface area (Å²) in [5, 5.41) is 9.72. The number of benzene rings is 1. The third-order valence-corrected chi connectivity index (χ3v) is 4.60. The van der Waals surface area contributed by atoms with Gasteiger partial charge in [-0.3, -0.25) is 9.59 Å². The zero-order valence-corrected chi connectivity index (χ0v) is 13.5. The molecule has 0 spiro atoms. The molecule has 1 N–H and O–H groups in total. The number of carboxylic acid groups (broad SMARTS) is 1. The maximum absolute atomic E-state index is 12.6. The lowest BCUT2D eigenvalue weighted by Crippen LogP contribution is -2.49. The first kappa shape index (κ1) is 16.6. The Morgan fingerprint density at radius 1 is 1.45 bits per heavy atom. The van der Waals surface area contributed by atoms with Gasteiger partial charge >= 0.3 is 5.97 Å². The fraction of sp³-hybridized carbons (Fsp3) is 0.500. The third kappa shape index (κ3) is 3.35. The predicted molar refractivity (Wildman–Crippen MR) is 83.2 cm³/mol. The van der Waals surface area contributed by atoms with E-state index in [4.69, 9.17) is 16.3 Å². The molecule has 0 aromatic heterocycles. The quantitative estimate of drug-likeness (QED) is 0.924. The van der Waals surface area contributed by atoms with Crippen LogP contribution in [-0.2, 0) is 16.0 Å². The molecular formula is C16H20ClNO4. The number of carbonyl (C=O) groups is 2. The summed E-state index contributed by atoms with van der Waals surface area (Å²) in [6, 6.07) is 4.92. The number of ether oxygens (including phenoxy) is 1. The van der Waals surface area contributed by atoms with E-state index in [-0.39, 0.29) is 18.4 Å². The van der Waals surface area contributed by atoms with Gasteiger partial charge < -0.3 is 14.7 Å². The largest absolute Gasteiger partial charge is 0.496 e. The molecule has 22 heavy (non-hydrogen) atoms. The van der Waals surface area contributed by atoms with Crippen LogP contribution in [0.3, 0.4) is 0 Å². The number of likely N-dealkylation sites (tertiary alicyclic amines) is 1. The Balaban J connectivity index is 2.17. The minimum Gasteiger partial charge on any atom is -0.496 e. The first-order chi connectivity index (χ1) is 10.5. The van der Waals surface area contributed by atoms with Gasteiger partial charge in [0.25, 0.3) is 0 Å². The van der Waals surface area contributed by atoms with Crippen LogP contribution in [0.5, 0.6) is 5.75 Å². The van der Waals surface area contributed by atoms with Crippen molar-refractivity contribution in [2.24, 2.45) is 5.92 Å². The highest BCUT2D eigenvalue weighted by atomic mass is 35.5. The molecule has 1 heterocycles. The average molecular weight is 326 g/mol. The molecule has 2 atom stereocenters. The standard InChI is InChI=1S/C16H20ClNO4/c1-10-11(16(20)21)5-4-8-18(10)15(19)9-12-13(17)6-3-7-14(12)22-2/h3,6-7,10-11H,4-5,8-9H2,1-2H3,(H,20,21)/t10-,11-/m0/s1. The maximum Gasteiger partial charge on any atom is 0.308 e. The number of piperidine rings is 1. The van der Waals surface area contributed by atoms with E-state index in [1.165, 1.54) is 7.11 Å². The van der Waals surface area contributed by atoms with Crippen LogP contribution in [-0.4, -0.2) is 41.6 Å². The van der Waals surface area contributed by atoms with Crippen LogP contribution in [0, 0.1) is 5.92 Å². The van der Waals surface area contributed by atoms with Gasteiger partial charge in [0.2, 0.25) is 5.91 Å². The van der Waals surface area contributed by atoms with Crippen molar-refractivity contribution in [3.05, 3.63) is 28.8 Å². The average Bonchev–Trinajstić information content (AvgIpc) is 2.49. The number of carboxylic acids is 1. The first-order valence-corrected chi connectivity index (χ1v) is 7.67. The van der Waals surface area contributed by atoms with Crippen molar-refractivity contribution in [2.75, 3.05) is 13.7 Å². The molecule has 1 aliphatic rings. The topological polar surface area (TPSA) is 66.8 Å². The van der Waals surface area contributed by atoms with E-state index in [2.05, 4.69) is 0 Å². The second-order valence-corrected chi connectivity index (χ2v) is 5.92. The monoisotopic (exact) mass is 325 g/mol. The fourth-order valence-corrected chi connectivity index (χ4v) is 3.21. The van der Waals surface area contributed by atoms with Gasteiger partial charge in [-0.2, -0.15) is 0 Å². The number of methoxy groups -OCH3 is 1. The zero-order chi connectivity index (χ0) is 16.3. The predicted octanol–water partition coefficient (Wildman–Crippen LogP) is 2.60. The van der Waals surface area contributed by atoms with Crippen molar-refractivity contribution in [2.45, 2.75) is 32.2 Å². The molecule has 0 radical (unpaired) electrons. The van der Waals surface area contributed by atoms with Crippen LogP contribution >= 0.6 is 11.6 Å². The molecule has 1 aromatic rings. The highest BCUT2D eigenvalue weighted by Crippen LogP contribution is 2.29. The highest BCUT2D eigenvalue weighted by molar-refractivity contribution is 6.31. The number of hydrogen-bond acceptors (Lipinski definition) is 3. The molecular weight excluding hydrogens is 306 g/mol. The van der Waals surface area contributed by atoms with Gasteiger partial charge in [-0.25, -0.2) is 0 Å². The number of nitrogens with zero attached hydrogens (tertiary/aromatic N) is 1. The van der Waals surface area contributed by atoms with Crippen molar-refractivity contribution in [1.82, 2.24) is 4.90 Å². The van der Waals surface area contributed by atoms with E-state index >= 15 is 0 Å². The lowest BCUT2D eigenvalue weighted by Gasteiger charge is -2.37. The van der Waals surface area contributed by atoms with E-state index in [1.54, 1.807) is 30.0 Å². The fourth-order valence-electron chi connectivity index (χ4n) is 2.98. The van der Waals surface area contributed by atoms with E-state index in [9.17, 15) is 14.7 Å². The molecule has 0 saturated carbocycles. The van der Waals surface area contributed by atoms with Crippen LogP contribution in [0.2, 0.25) is 5.02 Å². The van der Waals surface area contributed by atoms with E-state index in [0.29, 0.717) is 35.7 Å². The summed E-state index contributed by atoms with van der Waals surface area (Å²) in [5.74, 6) is -0.906. The van der Waals surface area contributed by atoms with E-state index in [0.717, 1.165) is 0 Å². The summed E-state index contributed by atoms with van der Waals surface area (Å²) in [7, 11) is 1.53. The summed E-state index contributed by atoms with van der Waals surface area (Å²) < 4.78 is 5.25. The number of halogens is 1. The SMILES string of the molecule is COc1cccc(Cl)c1CC(=O)N1CCC[C@H](C(=O)O)[C@@H]1C. The molecule has 1 aliphatic heterocycles. The van der Waals surface area contributed by atoms with Crippen LogP contribution < -0.4 is 4.74 Å². The minimum absolute atomic E-state index is 0.111. The highest BCUT2D eigenvalue weighted by Gasteiger charge is 2.35. The molecule has 0 bridgehead atoms. The maximum atomic E-state index is 12.6. The Bertz CT molecular complexity index is 575. The van der Waals surface area contributed by atoms with Gasteiger partial charge in [0.15, 0.2) is 0 Å². The summed E-state index contributed by atoms with van der Waals surface area (Å²) in [6.45, 7) is 2.37. The molecule has 0 aliphatic carbocycles. The number of amides is 1. The van der Waals surface area contributed by atoms with Crippen LogP contribution in [0.1, 0.15) is 25.3 Å². The lowest BCUT2D eigenvalue weighted by atomic mass is 9.90. The molecule has 5 nitrogen and oxygen atoms in total. The molecule has 1 fully saturated rings. The number of hydrogen-bond donors (Lipinski definition) is 1. The van der Waals surface area contributed by atoms with Crippen molar-refractivity contribution in [3.8, 4) is 5.75 Å². The van der Waals surface area contributed by atoms with Gasteiger partial charge in [-0.15, -0.1) is 0 Å². The van der Waals surface area contributed by atoms with Crippen molar-refractivity contribution >= 4 is 23.5 Å². The Morgan fingerprint density at radius 3 is 2.82 bits per heavy atom. The van der Waals surface area contributed by atoms with Crippen molar-refractivity contribution in [3.63, 3.8) is 0 Å². The molecule has 0 unspecified atom stereocenters. The molecule has 1 saturated heterocycles. The van der Waals surface area contributed by atoms with Crippen LogP contribution in [0.4, 0.5) is 0 Å². The second kappa shape index (κ2) is 7.01. The Kier molecular flexibility index (Phi) is 5.29. The smallest absolute Gasteiger partial charge is 0.308 e. The van der Waals surface area contributed by atoms with E-state index in [1.807, 2.05) is 0 Å². The number of carbonyl (C=O) groups excluding carboxylic acids is 1. The van der Waals surface area contributed by atoms with Gasteiger partial charge in [0, 0.05) is 23.2 Å². The summed E-state index contributed by atoms with van der Waals surface area (Å²) in [5.41, 5.74) is 0.640. The Morgan fingerprint density at radius 2 is 2.18 bits per heavy atom. The van der Waals surface area contributed by atoms with Gasteiger partial charge in [-0.1, -0.05) is 17.7 Å². The van der Waals surface area contributed by atoms with Crippen molar-refractivity contribution < 1.29 is 19.4 Å². The molecule has 6 heteroatoms. The number of rotatable bonds is 4. The Labute approximate surface area is 134 Å². The molecule has 120 valence electrons. The lowest BCUT2D eigenvalue weighted by molar-refractivity contribution is -0.148. The molecule has 2 rings (SSSR count). The normalized spacial score (nSPS) is 21.5. The summed E-state index contributed by atoms with van der Waals surface area (Å²) >= 11 is 6.16. The van der Waals surface area contributed by atoms with Gasteiger partial charge in [0.05, 0.1) is 19.4 Å². The van der Waals surface area contributed by atoms with Crippen molar-refractivity contribution in [1.29, 1.82) is 0 Å². The Hall–Kier alpha value is -1.75.